The first kappa shape index (κ1) is 17.5. The molecular weight excluding hydrogens is 290 g/mol. The van der Waals surface area contributed by atoms with Gasteiger partial charge in [0.05, 0.1) is 0 Å². The van der Waals surface area contributed by atoms with Crippen molar-refractivity contribution in [1.82, 2.24) is 5.32 Å². The normalized spacial score (nSPS) is 14.7. The lowest BCUT2D eigenvalue weighted by Crippen LogP contribution is -2.25. The lowest BCUT2D eigenvalue weighted by Gasteiger charge is -2.10. The van der Waals surface area contributed by atoms with E-state index in [0.717, 1.165) is 25.3 Å². The molecule has 2 atom stereocenters. The lowest BCUT2D eigenvalue weighted by molar-refractivity contribution is 0.313. The smallest absolute Gasteiger partial charge is 0.170 e. The van der Waals surface area contributed by atoms with Crippen LogP contribution in [0.15, 0.2) is 29.4 Å². The van der Waals surface area contributed by atoms with E-state index in [-0.39, 0.29) is 11.1 Å². The number of nitrogens with two attached hydrogens (primary N) is 1. The molecule has 4 N–H and O–H groups in total. The lowest BCUT2D eigenvalue weighted by atomic mass is 10.2. The van der Waals surface area contributed by atoms with Crippen LogP contribution in [0.4, 0.5) is 0 Å². The summed E-state index contributed by atoms with van der Waals surface area (Å²) in [5.74, 6) is 0.806. The van der Waals surface area contributed by atoms with Crippen molar-refractivity contribution in [1.29, 1.82) is 0 Å². The fraction of sp³-hybridized carbons (Fsp3) is 0.500. The molecule has 118 valence electrons. The summed E-state index contributed by atoms with van der Waals surface area (Å²) in [6.07, 6.45) is 2.61. The molecule has 0 aliphatic carbocycles. The van der Waals surface area contributed by atoms with Crippen LogP contribution in [-0.2, 0) is 10.8 Å². The van der Waals surface area contributed by atoms with E-state index >= 15 is 0 Å². The molecule has 1 aromatic rings. The molecule has 0 spiro atoms. The maximum atomic E-state index is 11.2. The van der Waals surface area contributed by atoms with E-state index in [0.29, 0.717) is 12.2 Å². The molecule has 0 saturated heterocycles. The molecule has 0 radical (unpaired) electrons. The minimum Gasteiger partial charge on any atom is -0.492 e. The summed E-state index contributed by atoms with van der Waals surface area (Å²) in [5, 5.41) is 15.0. The molecule has 6 nitrogen and oxygen atoms in total. The van der Waals surface area contributed by atoms with Gasteiger partial charge in [0.25, 0.3) is 0 Å². The fourth-order valence-corrected chi connectivity index (χ4v) is 2.07. The number of amidine groups is 1. The topological polar surface area (TPSA) is 96.9 Å². The molecule has 0 aliphatic heterocycles. The van der Waals surface area contributed by atoms with Crippen LogP contribution < -0.4 is 15.8 Å². The Morgan fingerprint density at radius 3 is 2.67 bits per heavy atom. The Labute approximate surface area is 127 Å². The molecule has 0 heterocycles. The summed E-state index contributed by atoms with van der Waals surface area (Å²) in [6.45, 7) is 4.08. The molecule has 21 heavy (non-hydrogen) atoms. The molecule has 0 aliphatic rings. The van der Waals surface area contributed by atoms with E-state index in [1.165, 1.54) is 0 Å². The Kier molecular flexibility index (Phi) is 7.78. The van der Waals surface area contributed by atoms with Crippen LogP contribution in [0.5, 0.6) is 5.75 Å². The monoisotopic (exact) mass is 313 g/mol. The maximum Gasteiger partial charge on any atom is 0.170 e. The second-order valence-electron chi connectivity index (χ2n) is 4.71. The predicted octanol–water partition coefficient (Wildman–Crippen LogP) is 0.907. The van der Waals surface area contributed by atoms with Crippen LogP contribution in [0, 0.1) is 0 Å². The SMILES string of the molecule is CC(CCNCCOc1ccc(/C(N)=N/O)cc1)S(C)=O. The largest absolute Gasteiger partial charge is 0.492 e. The Morgan fingerprint density at radius 2 is 2.10 bits per heavy atom. The van der Waals surface area contributed by atoms with E-state index in [1.807, 2.05) is 6.92 Å². The summed E-state index contributed by atoms with van der Waals surface area (Å²) in [6, 6.07) is 7.01. The summed E-state index contributed by atoms with van der Waals surface area (Å²) < 4.78 is 16.7. The third-order valence-corrected chi connectivity index (χ3v) is 4.47. The van der Waals surface area contributed by atoms with Gasteiger partial charge in [-0.15, -0.1) is 0 Å². The zero-order valence-electron chi connectivity index (χ0n) is 12.4. The Bertz CT molecular complexity index is 477. The van der Waals surface area contributed by atoms with Gasteiger partial charge in [0.15, 0.2) is 5.84 Å². The van der Waals surface area contributed by atoms with Crippen molar-refractivity contribution in [2.45, 2.75) is 18.6 Å². The second-order valence-corrected chi connectivity index (χ2v) is 6.51. The number of nitrogens with zero attached hydrogens (tertiary/aromatic N) is 1. The zero-order valence-corrected chi connectivity index (χ0v) is 13.2. The molecule has 7 heteroatoms. The minimum atomic E-state index is -0.763. The standard InChI is InChI=1S/C14H23N3O3S/c1-11(21(2)19)7-8-16-9-10-20-13-5-3-12(4-6-13)14(15)17-18/h3-6,11,16,18H,7-10H2,1-2H3,(H2,15,17). The number of oxime groups is 1. The quantitative estimate of drug-likeness (QED) is 0.207. The third-order valence-electron chi connectivity index (χ3n) is 3.10. The first-order valence-corrected chi connectivity index (χ1v) is 8.40. The molecule has 0 aromatic heterocycles. The number of hydrogen-bond acceptors (Lipinski definition) is 5. The average Bonchev–Trinajstić information content (AvgIpc) is 2.50. The van der Waals surface area contributed by atoms with Gasteiger partial charge < -0.3 is 21.0 Å². The van der Waals surface area contributed by atoms with Crippen molar-refractivity contribution in [3.63, 3.8) is 0 Å². The van der Waals surface area contributed by atoms with Gasteiger partial charge in [-0.3, -0.25) is 4.21 Å². The Balaban J connectivity index is 2.20. The van der Waals surface area contributed by atoms with Crippen LogP contribution in [0.1, 0.15) is 18.9 Å². The average molecular weight is 313 g/mol. The van der Waals surface area contributed by atoms with E-state index < -0.39 is 10.8 Å². The summed E-state index contributed by atoms with van der Waals surface area (Å²) in [4.78, 5) is 0. The Morgan fingerprint density at radius 1 is 1.43 bits per heavy atom. The van der Waals surface area contributed by atoms with Gasteiger partial charge in [-0.25, -0.2) is 0 Å². The van der Waals surface area contributed by atoms with Crippen LogP contribution >= 0.6 is 0 Å². The minimum absolute atomic E-state index is 0.0747. The van der Waals surface area contributed by atoms with Gasteiger partial charge in [0, 0.05) is 34.4 Å². The van der Waals surface area contributed by atoms with Crippen molar-refractivity contribution in [3.05, 3.63) is 29.8 Å². The first-order chi connectivity index (χ1) is 10.0. The van der Waals surface area contributed by atoms with Gasteiger partial charge in [-0.2, -0.15) is 0 Å². The molecule has 2 unspecified atom stereocenters. The third kappa shape index (κ3) is 6.59. The van der Waals surface area contributed by atoms with E-state index in [1.54, 1.807) is 30.5 Å². The van der Waals surface area contributed by atoms with Crippen molar-refractivity contribution < 1.29 is 14.2 Å². The maximum absolute atomic E-state index is 11.2. The van der Waals surface area contributed by atoms with Crippen LogP contribution in [0.2, 0.25) is 0 Å². The Hall–Kier alpha value is -1.60. The van der Waals surface area contributed by atoms with Crippen LogP contribution in [0.25, 0.3) is 0 Å². The number of benzene rings is 1. The van der Waals surface area contributed by atoms with Crippen molar-refractivity contribution in [3.8, 4) is 5.75 Å². The molecule has 0 bridgehead atoms. The highest BCUT2D eigenvalue weighted by molar-refractivity contribution is 7.84. The van der Waals surface area contributed by atoms with E-state index in [2.05, 4.69) is 10.5 Å². The van der Waals surface area contributed by atoms with Gasteiger partial charge in [0.2, 0.25) is 0 Å². The molecule has 1 aromatic carbocycles. The van der Waals surface area contributed by atoms with Gasteiger partial charge >= 0.3 is 0 Å². The van der Waals surface area contributed by atoms with Gasteiger partial charge in [-0.1, -0.05) is 12.1 Å². The molecule has 0 saturated carbocycles. The number of hydrogen-bond donors (Lipinski definition) is 3. The van der Waals surface area contributed by atoms with Crippen LogP contribution in [-0.4, -0.2) is 46.5 Å². The molecule has 1 rings (SSSR count). The van der Waals surface area contributed by atoms with Crippen molar-refractivity contribution in [2.75, 3.05) is 26.0 Å². The summed E-state index contributed by atoms with van der Waals surface area (Å²) in [7, 11) is -0.763. The van der Waals surface area contributed by atoms with Gasteiger partial charge in [-0.05, 0) is 37.2 Å². The summed E-state index contributed by atoms with van der Waals surface area (Å²) >= 11 is 0. The first-order valence-electron chi connectivity index (χ1n) is 6.78. The number of nitrogens with one attached hydrogen (secondary N) is 1. The predicted molar refractivity (Wildman–Crippen MR) is 85.5 cm³/mol. The zero-order chi connectivity index (χ0) is 15.7. The fourth-order valence-electron chi connectivity index (χ4n) is 1.62. The van der Waals surface area contributed by atoms with Gasteiger partial charge in [0.1, 0.15) is 12.4 Å². The highest BCUT2D eigenvalue weighted by Gasteiger charge is 2.04. The molecule has 0 fully saturated rings. The van der Waals surface area contributed by atoms with E-state index in [9.17, 15) is 4.21 Å². The number of rotatable bonds is 9. The van der Waals surface area contributed by atoms with E-state index in [4.69, 9.17) is 15.7 Å². The highest BCUT2D eigenvalue weighted by atomic mass is 32.2. The van der Waals surface area contributed by atoms with Crippen molar-refractivity contribution >= 4 is 16.6 Å². The summed E-state index contributed by atoms with van der Waals surface area (Å²) in [5.41, 5.74) is 6.12. The van der Waals surface area contributed by atoms with Crippen LogP contribution in [0.3, 0.4) is 0 Å². The molecular formula is C14H23N3O3S. The van der Waals surface area contributed by atoms with Crippen molar-refractivity contribution in [2.24, 2.45) is 10.9 Å². The molecule has 0 amide bonds. The highest BCUT2D eigenvalue weighted by Crippen LogP contribution is 2.11. The number of ether oxygens (including phenoxy) is 1. The second kappa shape index (κ2) is 9.36.